The van der Waals surface area contributed by atoms with Gasteiger partial charge in [0.1, 0.15) is 11.5 Å². The predicted octanol–water partition coefficient (Wildman–Crippen LogP) is 1.37. The number of rotatable bonds is 5. The highest BCUT2D eigenvalue weighted by molar-refractivity contribution is 5.62. The fraction of sp³-hybridized carbons (Fsp3) is 0.368. The molecule has 0 unspecified atom stereocenters. The highest BCUT2D eigenvalue weighted by atomic mass is 16.5. The van der Waals surface area contributed by atoms with E-state index in [9.17, 15) is 4.79 Å². The minimum atomic E-state index is -0.153. The predicted molar refractivity (Wildman–Crippen MR) is 102 cm³/mol. The largest absolute Gasteiger partial charge is 0.368 e. The second-order valence-corrected chi connectivity index (χ2v) is 6.89. The first-order valence-corrected chi connectivity index (χ1v) is 8.92. The lowest BCUT2D eigenvalue weighted by molar-refractivity contribution is 0.397. The molecule has 140 valence electrons. The maximum absolute atomic E-state index is 12.6. The van der Waals surface area contributed by atoms with Crippen LogP contribution in [0.15, 0.2) is 39.9 Å². The van der Waals surface area contributed by atoms with Gasteiger partial charge in [0.05, 0.1) is 24.5 Å². The molecule has 27 heavy (non-hydrogen) atoms. The standard InChI is InChI=1S/C19H22N6O2/c1-12-4-5-14(7-21-12)19-17(13(2)27-23-19)11-25-18(26)6-15(10-22-25)24(3)16-8-20-9-16/h4-7,10,16,20H,8-9,11H2,1-3H3. The van der Waals surface area contributed by atoms with Gasteiger partial charge in [0, 0.05) is 49.2 Å². The third kappa shape index (κ3) is 3.35. The van der Waals surface area contributed by atoms with Gasteiger partial charge in [0.15, 0.2) is 0 Å². The van der Waals surface area contributed by atoms with Crippen LogP contribution < -0.4 is 15.8 Å². The molecule has 4 rings (SSSR count). The molecule has 3 aromatic rings. The van der Waals surface area contributed by atoms with Gasteiger partial charge in [-0.3, -0.25) is 9.78 Å². The fourth-order valence-electron chi connectivity index (χ4n) is 3.06. The molecule has 0 saturated carbocycles. The van der Waals surface area contributed by atoms with Crippen LogP contribution in [0.3, 0.4) is 0 Å². The lowest BCUT2D eigenvalue weighted by Crippen LogP contribution is -2.56. The number of aryl methyl sites for hydroxylation is 2. The molecule has 1 aliphatic rings. The molecule has 0 radical (unpaired) electrons. The Morgan fingerprint density at radius 3 is 2.74 bits per heavy atom. The molecule has 8 nitrogen and oxygen atoms in total. The zero-order valence-electron chi connectivity index (χ0n) is 15.6. The number of anilines is 1. The van der Waals surface area contributed by atoms with Crippen LogP contribution in [0.2, 0.25) is 0 Å². The first kappa shape index (κ1) is 17.4. The first-order valence-electron chi connectivity index (χ1n) is 8.92. The molecule has 3 aromatic heterocycles. The lowest BCUT2D eigenvalue weighted by Gasteiger charge is -2.36. The number of hydrogen-bond donors (Lipinski definition) is 1. The average Bonchev–Trinajstić information content (AvgIpc) is 2.96. The molecule has 8 heteroatoms. The van der Waals surface area contributed by atoms with Gasteiger partial charge >= 0.3 is 0 Å². The third-order valence-electron chi connectivity index (χ3n) is 5.05. The Morgan fingerprint density at radius 2 is 2.11 bits per heavy atom. The zero-order chi connectivity index (χ0) is 19.0. The van der Waals surface area contributed by atoms with Gasteiger partial charge in [0.2, 0.25) is 0 Å². The summed E-state index contributed by atoms with van der Waals surface area (Å²) < 4.78 is 6.80. The van der Waals surface area contributed by atoms with Crippen LogP contribution in [0.5, 0.6) is 0 Å². The maximum atomic E-state index is 12.6. The molecule has 0 bridgehead atoms. The van der Waals surface area contributed by atoms with E-state index in [1.807, 2.05) is 33.0 Å². The Balaban J connectivity index is 1.62. The van der Waals surface area contributed by atoms with Crippen molar-refractivity contribution < 1.29 is 4.52 Å². The van der Waals surface area contributed by atoms with E-state index in [1.165, 1.54) is 4.68 Å². The van der Waals surface area contributed by atoms with E-state index in [0.29, 0.717) is 24.0 Å². The number of pyridine rings is 1. The summed E-state index contributed by atoms with van der Waals surface area (Å²) >= 11 is 0. The zero-order valence-corrected chi connectivity index (χ0v) is 15.6. The minimum absolute atomic E-state index is 0.153. The SMILES string of the molecule is Cc1ccc(-c2noc(C)c2Cn2ncc(N(C)C3CNC3)cc2=O)cn1. The molecule has 0 amide bonds. The second-order valence-electron chi connectivity index (χ2n) is 6.89. The molecule has 1 N–H and O–H groups in total. The number of aromatic nitrogens is 4. The maximum Gasteiger partial charge on any atom is 0.269 e. The molecule has 4 heterocycles. The highest BCUT2D eigenvalue weighted by Crippen LogP contribution is 2.25. The molecule has 0 aromatic carbocycles. The van der Waals surface area contributed by atoms with Crippen LogP contribution in [0.1, 0.15) is 17.0 Å². The molecule has 1 aliphatic heterocycles. The number of nitrogens with zero attached hydrogens (tertiary/aromatic N) is 5. The van der Waals surface area contributed by atoms with Crippen LogP contribution in [0.4, 0.5) is 5.69 Å². The Morgan fingerprint density at radius 1 is 1.30 bits per heavy atom. The summed E-state index contributed by atoms with van der Waals surface area (Å²) in [7, 11) is 1.99. The monoisotopic (exact) mass is 366 g/mol. The number of likely N-dealkylation sites (N-methyl/N-ethyl adjacent to an activating group) is 1. The Kier molecular flexibility index (Phi) is 4.49. The van der Waals surface area contributed by atoms with Gasteiger partial charge in [-0.05, 0) is 26.0 Å². The van der Waals surface area contributed by atoms with Crippen LogP contribution >= 0.6 is 0 Å². The lowest BCUT2D eigenvalue weighted by atomic mass is 10.1. The fourth-order valence-corrected chi connectivity index (χ4v) is 3.06. The van der Waals surface area contributed by atoms with Crippen LogP contribution in [0, 0.1) is 13.8 Å². The molecule has 1 saturated heterocycles. The van der Waals surface area contributed by atoms with Crippen molar-refractivity contribution in [2.24, 2.45) is 0 Å². The molecule has 0 aliphatic carbocycles. The topological polar surface area (TPSA) is 89.1 Å². The summed E-state index contributed by atoms with van der Waals surface area (Å²) in [6.45, 7) is 5.91. The Bertz CT molecular complexity index is 1000. The van der Waals surface area contributed by atoms with E-state index in [4.69, 9.17) is 4.52 Å². The van der Waals surface area contributed by atoms with E-state index in [1.54, 1.807) is 18.5 Å². The minimum Gasteiger partial charge on any atom is -0.368 e. The van der Waals surface area contributed by atoms with Crippen molar-refractivity contribution >= 4 is 5.69 Å². The van der Waals surface area contributed by atoms with Crippen molar-refractivity contribution in [2.75, 3.05) is 25.0 Å². The summed E-state index contributed by atoms with van der Waals surface area (Å²) in [5.74, 6) is 0.668. The van der Waals surface area contributed by atoms with Crippen molar-refractivity contribution in [3.63, 3.8) is 0 Å². The molecule has 0 spiro atoms. The molecular formula is C19H22N6O2. The van der Waals surface area contributed by atoms with Crippen LogP contribution in [-0.2, 0) is 6.54 Å². The van der Waals surface area contributed by atoms with Gasteiger partial charge in [-0.15, -0.1) is 0 Å². The van der Waals surface area contributed by atoms with E-state index in [2.05, 4.69) is 25.5 Å². The number of hydrogen-bond acceptors (Lipinski definition) is 7. The summed E-state index contributed by atoms with van der Waals surface area (Å²) in [6, 6.07) is 5.90. The number of nitrogens with one attached hydrogen (secondary N) is 1. The molecule has 1 fully saturated rings. The van der Waals surface area contributed by atoms with Crippen molar-refractivity contribution in [3.8, 4) is 11.3 Å². The van der Waals surface area contributed by atoms with E-state index < -0.39 is 0 Å². The smallest absolute Gasteiger partial charge is 0.269 e. The first-order chi connectivity index (χ1) is 13.0. The van der Waals surface area contributed by atoms with Crippen molar-refractivity contribution in [1.29, 1.82) is 0 Å². The summed E-state index contributed by atoms with van der Waals surface area (Å²) in [5, 5.41) is 11.7. The van der Waals surface area contributed by atoms with E-state index in [-0.39, 0.29) is 5.56 Å². The third-order valence-corrected chi connectivity index (χ3v) is 5.05. The summed E-state index contributed by atoms with van der Waals surface area (Å²) in [4.78, 5) is 19.0. The molecule has 0 atom stereocenters. The summed E-state index contributed by atoms with van der Waals surface area (Å²) in [5.41, 5.74) is 3.98. The van der Waals surface area contributed by atoms with E-state index in [0.717, 1.165) is 35.6 Å². The van der Waals surface area contributed by atoms with Crippen molar-refractivity contribution in [3.05, 3.63) is 58.0 Å². The quantitative estimate of drug-likeness (QED) is 0.729. The van der Waals surface area contributed by atoms with Gasteiger partial charge < -0.3 is 14.7 Å². The van der Waals surface area contributed by atoms with Gasteiger partial charge in [-0.1, -0.05) is 5.16 Å². The average molecular weight is 366 g/mol. The molecular weight excluding hydrogens is 344 g/mol. The van der Waals surface area contributed by atoms with Crippen LogP contribution in [0.25, 0.3) is 11.3 Å². The van der Waals surface area contributed by atoms with Gasteiger partial charge in [-0.2, -0.15) is 5.10 Å². The normalized spacial score (nSPS) is 14.2. The van der Waals surface area contributed by atoms with Crippen molar-refractivity contribution in [2.45, 2.75) is 26.4 Å². The Hall–Kier alpha value is -3.00. The van der Waals surface area contributed by atoms with Gasteiger partial charge in [0.25, 0.3) is 5.56 Å². The Labute approximate surface area is 156 Å². The second kappa shape index (κ2) is 6.96. The van der Waals surface area contributed by atoms with Crippen LogP contribution in [-0.4, -0.2) is 46.1 Å². The van der Waals surface area contributed by atoms with Crippen molar-refractivity contribution in [1.82, 2.24) is 25.2 Å². The van der Waals surface area contributed by atoms with E-state index >= 15 is 0 Å². The van der Waals surface area contributed by atoms with Gasteiger partial charge in [-0.25, -0.2) is 4.68 Å². The summed E-state index contributed by atoms with van der Waals surface area (Å²) in [6.07, 6.45) is 3.49. The highest BCUT2D eigenvalue weighted by Gasteiger charge is 2.23.